The highest BCUT2D eigenvalue weighted by Crippen LogP contribution is 2.37. The topological polar surface area (TPSA) is 30.7 Å². The Labute approximate surface area is 97.7 Å². The zero-order valence-corrected chi connectivity index (χ0v) is 11.5. The Morgan fingerprint density at radius 3 is 2.60 bits per heavy atom. The van der Waals surface area contributed by atoms with E-state index in [9.17, 15) is 0 Å². The fourth-order valence-electron chi connectivity index (χ4n) is 1.86. The average Bonchev–Trinajstić information content (AvgIpc) is 2.50. The molecule has 2 rings (SSSR count). The molecule has 0 amide bonds. The monoisotopic (exact) mass is 241 g/mol. The maximum Gasteiger partial charge on any atom is 0.106 e. The van der Waals surface area contributed by atoms with Gasteiger partial charge in [0.1, 0.15) is 8.07 Å². The number of aromatic nitrogens is 3. The van der Waals surface area contributed by atoms with Crippen molar-refractivity contribution in [1.29, 1.82) is 0 Å². The summed E-state index contributed by atoms with van der Waals surface area (Å²) in [4.78, 5) is 0. The van der Waals surface area contributed by atoms with Gasteiger partial charge in [-0.15, -0.1) is 5.10 Å². The van der Waals surface area contributed by atoms with Crippen LogP contribution in [0.4, 0.5) is 0 Å². The summed E-state index contributed by atoms with van der Waals surface area (Å²) < 4.78 is 2.06. The van der Waals surface area contributed by atoms with Crippen molar-refractivity contribution in [1.82, 2.24) is 15.0 Å². The third kappa shape index (κ3) is 2.28. The largest absolute Gasteiger partial charge is 0.250 e. The quantitative estimate of drug-likeness (QED) is 0.645. The number of rotatable bonds is 3. The van der Waals surface area contributed by atoms with Crippen LogP contribution >= 0.6 is 12.6 Å². The van der Waals surface area contributed by atoms with Crippen LogP contribution in [0.2, 0.25) is 19.6 Å². The van der Waals surface area contributed by atoms with Gasteiger partial charge in [0.2, 0.25) is 0 Å². The van der Waals surface area contributed by atoms with Gasteiger partial charge in [0.05, 0.1) is 11.4 Å². The lowest BCUT2D eigenvalue weighted by Gasteiger charge is -2.33. The number of hydrogen-bond acceptors (Lipinski definition) is 3. The second-order valence-corrected chi connectivity index (χ2v) is 10.9. The Balaban J connectivity index is 2.03. The predicted molar refractivity (Wildman–Crippen MR) is 68.6 cm³/mol. The smallest absolute Gasteiger partial charge is 0.106 e. The van der Waals surface area contributed by atoms with E-state index in [-0.39, 0.29) is 0 Å². The highest BCUT2D eigenvalue weighted by molar-refractivity contribution is 7.80. The third-order valence-electron chi connectivity index (χ3n) is 3.12. The van der Waals surface area contributed by atoms with Crippen LogP contribution in [0.15, 0.2) is 6.20 Å². The standard InChI is InChI=1S/C10H19N3SSi/c1-15(2,3)10-6-13(12-11-10)9-4-8(5-9)7-14/h6,8-9,14H,4-5,7H2,1-3H3. The van der Waals surface area contributed by atoms with Crippen molar-refractivity contribution in [2.24, 2.45) is 5.92 Å². The molecule has 1 heterocycles. The lowest BCUT2D eigenvalue weighted by molar-refractivity contribution is 0.202. The van der Waals surface area contributed by atoms with Crippen molar-refractivity contribution in [3.63, 3.8) is 0 Å². The third-order valence-corrected chi connectivity index (χ3v) is 5.40. The average molecular weight is 241 g/mol. The van der Waals surface area contributed by atoms with Crippen LogP contribution in [-0.4, -0.2) is 28.8 Å². The van der Waals surface area contributed by atoms with Gasteiger partial charge < -0.3 is 0 Å². The number of nitrogens with zero attached hydrogens (tertiary/aromatic N) is 3. The van der Waals surface area contributed by atoms with Crippen molar-refractivity contribution in [2.45, 2.75) is 38.5 Å². The molecule has 1 fully saturated rings. The Kier molecular flexibility index (Phi) is 2.94. The SMILES string of the molecule is C[Si](C)(C)c1cn(C2CC(CS)C2)nn1. The molecule has 1 aromatic heterocycles. The van der Waals surface area contributed by atoms with E-state index in [2.05, 4.69) is 53.5 Å². The van der Waals surface area contributed by atoms with Crippen molar-refractivity contribution < 1.29 is 0 Å². The van der Waals surface area contributed by atoms with E-state index >= 15 is 0 Å². The second kappa shape index (κ2) is 3.94. The van der Waals surface area contributed by atoms with Crippen molar-refractivity contribution in [3.8, 4) is 0 Å². The molecule has 1 aromatic rings. The van der Waals surface area contributed by atoms with Crippen molar-refractivity contribution in [3.05, 3.63) is 6.20 Å². The van der Waals surface area contributed by atoms with Gasteiger partial charge in [0, 0.05) is 6.20 Å². The van der Waals surface area contributed by atoms with E-state index in [1.807, 2.05) is 0 Å². The van der Waals surface area contributed by atoms with Gasteiger partial charge in [-0.1, -0.05) is 24.9 Å². The molecule has 0 saturated heterocycles. The lowest BCUT2D eigenvalue weighted by Crippen LogP contribution is -2.38. The van der Waals surface area contributed by atoms with E-state index in [1.54, 1.807) is 0 Å². The molecule has 0 N–H and O–H groups in total. The molecular formula is C10H19N3SSi. The minimum Gasteiger partial charge on any atom is -0.250 e. The molecule has 0 aliphatic heterocycles. The van der Waals surface area contributed by atoms with Crippen LogP contribution in [-0.2, 0) is 0 Å². The fraction of sp³-hybridized carbons (Fsp3) is 0.800. The summed E-state index contributed by atoms with van der Waals surface area (Å²) in [6, 6.07) is 0.583. The predicted octanol–water partition coefficient (Wildman–Crippen LogP) is 1.70. The maximum atomic E-state index is 4.31. The summed E-state index contributed by atoms with van der Waals surface area (Å²) in [7, 11) is -1.28. The highest BCUT2D eigenvalue weighted by atomic mass is 32.1. The first-order valence-corrected chi connectivity index (χ1v) is 9.67. The molecule has 3 nitrogen and oxygen atoms in total. The van der Waals surface area contributed by atoms with Crippen LogP contribution in [0, 0.1) is 5.92 Å². The molecule has 0 unspecified atom stereocenters. The zero-order valence-electron chi connectivity index (χ0n) is 9.64. The summed E-state index contributed by atoms with van der Waals surface area (Å²) in [5.41, 5.74) is 0. The van der Waals surface area contributed by atoms with Crippen LogP contribution in [0.3, 0.4) is 0 Å². The van der Waals surface area contributed by atoms with E-state index < -0.39 is 8.07 Å². The van der Waals surface area contributed by atoms with Gasteiger partial charge in [-0.25, -0.2) is 4.68 Å². The molecule has 0 spiro atoms. The fourth-order valence-corrected chi connectivity index (χ4v) is 3.03. The van der Waals surface area contributed by atoms with E-state index in [0.29, 0.717) is 6.04 Å². The molecular weight excluding hydrogens is 222 g/mol. The van der Waals surface area contributed by atoms with Crippen molar-refractivity contribution in [2.75, 3.05) is 5.75 Å². The van der Waals surface area contributed by atoms with E-state index in [4.69, 9.17) is 0 Å². The molecule has 1 aliphatic rings. The normalized spacial score (nSPS) is 26.4. The summed E-state index contributed by atoms with van der Waals surface area (Å²) in [5.74, 6) is 1.80. The highest BCUT2D eigenvalue weighted by Gasteiger charge is 2.31. The molecule has 1 aliphatic carbocycles. The molecule has 5 heteroatoms. The number of thiol groups is 1. The van der Waals surface area contributed by atoms with Gasteiger partial charge in [0.15, 0.2) is 0 Å². The Morgan fingerprint density at radius 2 is 2.13 bits per heavy atom. The van der Waals surface area contributed by atoms with Gasteiger partial charge in [0.25, 0.3) is 0 Å². The molecule has 15 heavy (non-hydrogen) atoms. The molecule has 0 bridgehead atoms. The summed E-state index contributed by atoms with van der Waals surface area (Å²) in [5, 5.41) is 9.77. The minimum atomic E-state index is -1.28. The summed E-state index contributed by atoms with van der Waals surface area (Å²) in [6.07, 6.45) is 4.60. The Morgan fingerprint density at radius 1 is 1.47 bits per heavy atom. The van der Waals surface area contributed by atoms with Gasteiger partial charge in [-0.3, -0.25) is 0 Å². The van der Waals surface area contributed by atoms with E-state index in [1.165, 1.54) is 18.2 Å². The molecule has 1 saturated carbocycles. The zero-order chi connectivity index (χ0) is 11.1. The molecule has 0 aromatic carbocycles. The molecule has 0 atom stereocenters. The van der Waals surface area contributed by atoms with Crippen LogP contribution in [0.1, 0.15) is 18.9 Å². The molecule has 84 valence electrons. The summed E-state index contributed by atoms with van der Waals surface area (Å²) in [6.45, 7) is 6.91. The van der Waals surface area contributed by atoms with Crippen LogP contribution < -0.4 is 5.32 Å². The van der Waals surface area contributed by atoms with Crippen LogP contribution in [0.25, 0.3) is 0 Å². The Bertz CT molecular complexity index is 339. The van der Waals surface area contributed by atoms with Gasteiger partial charge >= 0.3 is 0 Å². The second-order valence-electron chi connectivity index (χ2n) is 5.51. The Hall–Kier alpha value is -0.293. The number of hydrogen-bond donors (Lipinski definition) is 1. The summed E-state index contributed by atoms with van der Waals surface area (Å²) >= 11 is 4.31. The first kappa shape index (κ1) is 11.2. The molecule has 0 radical (unpaired) electrons. The first-order valence-electron chi connectivity index (χ1n) is 5.54. The van der Waals surface area contributed by atoms with Gasteiger partial charge in [-0.2, -0.15) is 12.6 Å². The van der Waals surface area contributed by atoms with Gasteiger partial charge in [-0.05, 0) is 24.5 Å². The minimum absolute atomic E-state index is 0.583. The first-order chi connectivity index (χ1) is 7.00. The van der Waals surface area contributed by atoms with E-state index in [0.717, 1.165) is 11.7 Å². The lowest BCUT2D eigenvalue weighted by atomic mass is 9.82. The van der Waals surface area contributed by atoms with Crippen LogP contribution in [0.5, 0.6) is 0 Å². The maximum absolute atomic E-state index is 4.31. The van der Waals surface area contributed by atoms with Crippen molar-refractivity contribution >= 4 is 26.0 Å².